The third kappa shape index (κ3) is 4.10. The van der Waals surface area contributed by atoms with Crippen molar-refractivity contribution < 1.29 is 13.2 Å². The van der Waals surface area contributed by atoms with Gasteiger partial charge in [0, 0.05) is 18.7 Å². The van der Waals surface area contributed by atoms with E-state index in [2.05, 4.69) is 5.32 Å². The van der Waals surface area contributed by atoms with Crippen molar-refractivity contribution in [2.75, 3.05) is 0 Å². The van der Waals surface area contributed by atoms with E-state index in [0.29, 0.717) is 13.1 Å². The Balaban J connectivity index is 1.90. The van der Waals surface area contributed by atoms with Crippen molar-refractivity contribution in [3.8, 4) is 0 Å². The lowest BCUT2D eigenvalue weighted by Crippen LogP contribution is -2.12. The molecule has 1 N–H and O–H groups in total. The fraction of sp³-hybridized carbons (Fsp3) is 0.200. The number of alkyl halides is 2. The SMILES string of the molecule is Fc1cccc(CNCc2cccc(C(F)F)c2)c1. The number of halogens is 3. The molecule has 0 atom stereocenters. The summed E-state index contributed by atoms with van der Waals surface area (Å²) in [5.41, 5.74) is 1.63. The van der Waals surface area contributed by atoms with E-state index >= 15 is 0 Å². The first-order valence-electron chi connectivity index (χ1n) is 5.97. The summed E-state index contributed by atoms with van der Waals surface area (Å²) in [4.78, 5) is 0. The Hall–Kier alpha value is -1.81. The second-order valence-electron chi connectivity index (χ2n) is 4.28. The highest BCUT2D eigenvalue weighted by Gasteiger charge is 2.06. The van der Waals surface area contributed by atoms with Crippen molar-refractivity contribution in [2.45, 2.75) is 19.5 Å². The molecule has 0 radical (unpaired) electrons. The van der Waals surface area contributed by atoms with Crippen LogP contribution in [-0.4, -0.2) is 0 Å². The van der Waals surface area contributed by atoms with Gasteiger partial charge in [-0.1, -0.05) is 30.3 Å². The fourth-order valence-corrected chi connectivity index (χ4v) is 1.84. The van der Waals surface area contributed by atoms with Crippen LogP contribution in [0.1, 0.15) is 23.1 Å². The van der Waals surface area contributed by atoms with Gasteiger partial charge >= 0.3 is 0 Å². The first-order chi connectivity index (χ1) is 9.15. The van der Waals surface area contributed by atoms with Gasteiger partial charge in [-0.15, -0.1) is 0 Å². The Bertz CT molecular complexity index is 540. The molecule has 2 aromatic carbocycles. The number of hydrogen-bond donors (Lipinski definition) is 1. The quantitative estimate of drug-likeness (QED) is 0.859. The summed E-state index contributed by atoms with van der Waals surface area (Å²) in [5.74, 6) is -0.279. The van der Waals surface area contributed by atoms with Gasteiger partial charge in [-0.05, 0) is 29.3 Å². The lowest BCUT2D eigenvalue weighted by molar-refractivity contribution is 0.151. The highest BCUT2D eigenvalue weighted by molar-refractivity contribution is 5.24. The summed E-state index contributed by atoms with van der Waals surface area (Å²) < 4.78 is 38.0. The van der Waals surface area contributed by atoms with Gasteiger partial charge in [0.25, 0.3) is 6.43 Å². The Morgan fingerprint density at radius 3 is 2.16 bits per heavy atom. The molecular formula is C15H14F3N. The minimum absolute atomic E-state index is 0.0186. The topological polar surface area (TPSA) is 12.0 Å². The van der Waals surface area contributed by atoms with E-state index in [0.717, 1.165) is 11.1 Å². The Morgan fingerprint density at radius 1 is 0.895 bits per heavy atom. The first-order valence-corrected chi connectivity index (χ1v) is 5.97. The van der Waals surface area contributed by atoms with E-state index in [1.807, 2.05) is 6.07 Å². The molecule has 100 valence electrons. The molecule has 2 aromatic rings. The van der Waals surface area contributed by atoms with Crippen LogP contribution in [0.15, 0.2) is 48.5 Å². The van der Waals surface area contributed by atoms with E-state index in [1.165, 1.54) is 24.3 Å². The maximum Gasteiger partial charge on any atom is 0.263 e. The van der Waals surface area contributed by atoms with E-state index in [1.54, 1.807) is 18.2 Å². The van der Waals surface area contributed by atoms with Crippen molar-refractivity contribution in [2.24, 2.45) is 0 Å². The minimum atomic E-state index is -2.46. The van der Waals surface area contributed by atoms with Gasteiger partial charge in [-0.25, -0.2) is 13.2 Å². The molecule has 0 saturated heterocycles. The molecule has 2 rings (SSSR count). The highest BCUT2D eigenvalue weighted by Crippen LogP contribution is 2.19. The zero-order valence-corrected chi connectivity index (χ0v) is 10.2. The molecule has 0 spiro atoms. The lowest BCUT2D eigenvalue weighted by atomic mass is 10.1. The molecule has 19 heavy (non-hydrogen) atoms. The molecule has 0 unspecified atom stereocenters. The summed E-state index contributed by atoms with van der Waals surface area (Å²) in [5, 5.41) is 3.10. The largest absolute Gasteiger partial charge is 0.309 e. The average Bonchev–Trinajstić information content (AvgIpc) is 2.39. The third-order valence-corrected chi connectivity index (χ3v) is 2.75. The normalized spacial score (nSPS) is 10.9. The molecule has 0 aromatic heterocycles. The van der Waals surface area contributed by atoms with Crippen LogP contribution in [0.4, 0.5) is 13.2 Å². The predicted octanol–water partition coefficient (Wildman–Crippen LogP) is 4.05. The van der Waals surface area contributed by atoms with Crippen molar-refractivity contribution in [3.63, 3.8) is 0 Å². The summed E-state index contributed by atoms with van der Waals surface area (Å²) >= 11 is 0. The van der Waals surface area contributed by atoms with Crippen molar-refractivity contribution >= 4 is 0 Å². The van der Waals surface area contributed by atoms with Crippen LogP contribution in [0.3, 0.4) is 0 Å². The second kappa shape index (κ2) is 6.38. The van der Waals surface area contributed by atoms with Crippen LogP contribution in [0.2, 0.25) is 0 Å². The fourth-order valence-electron chi connectivity index (χ4n) is 1.84. The van der Waals surface area contributed by atoms with Crippen LogP contribution in [0.25, 0.3) is 0 Å². The monoisotopic (exact) mass is 265 g/mol. The Kier molecular flexibility index (Phi) is 4.58. The van der Waals surface area contributed by atoms with E-state index < -0.39 is 6.43 Å². The highest BCUT2D eigenvalue weighted by atomic mass is 19.3. The number of benzene rings is 2. The zero-order valence-electron chi connectivity index (χ0n) is 10.2. The van der Waals surface area contributed by atoms with E-state index in [-0.39, 0.29) is 11.4 Å². The van der Waals surface area contributed by atoms with Crippen LogP contribution < -0.4 is 5.32 Å². The Morgan fingerprint density at radius 2 is 1.53 bits per heavy atom. The van der Waals surface area contributed by atoms with Gasteiger partial charge < -0.3 is 5.32 Å². The summed E-state index contributed by atoms with van der Waals surface area (Å²) in [6.45, 7) is 0.966. The van der Waals surface area contributed by atoms with Crippen molar-refractivity contribution in [1.29, 1.82) is 0 Å². The van der Waals surface area contributed by atoms with E-state index in [9.17, 15) is 13.2 Å². The molecule has 0 heterocycles. The van der Waals surface area contributed by atoms with Crippen LogP contribution in [0.5, 0.6) is 0 Å². The molecule has 1 nitrogen and oxygen atoms in total. The smallest absolute Gasteiger partial charge is 0.263 e. The number of nitrogens with one attached hydrogen (secondary N) is 1. The molecule has 0 amide bonds. The molecule has 4 heteroatoms. The lowest BCUT2D eigenvalue weighted by Gasteiger charge is -2.07. The zero-order chi connectivity index (χ0) is 13.7. The molecule has 0 saturated carbocycles. The minimum Gasteiger partial charge on any atom is -0.309 e. The van der Waals surface area contributed by atoms with Gasteiger partial charge in [-0.3, -0.25) is 0 Å². The summed E-state index contributed by atoms with van der Waals surface area (Å²) in [6.07, 6.45) is -2.46. The van der Waals surface area contributed by atoms with Gasteiger partial charge in [0.1, 0.15) is 5.82 Å². The van der Waals surface area contributed by atoms with Crippen molar-refractivity contribution in [1.82, 2.24) is 5.32 Å². The Labute approximate surface area is 110 Å². The van der Waals surface area contributed by atoms with Gasteiger partial charge in [0.05, 0.1) is 0 Å². The number of rotatable bonds is 5. The summed E-state index contributed by atoms with van der Waals surface area (Å²) in [7, 11) is 0. The second-order valence-corrected chi connectivity index (χ2v) is 4.28. The first kappa shape index (κ1) is 13.6. The summed E-state index contributed by atoms with van der Waals surface area (Å²) in [6, 6.07) is 12.6. The molecule has 0 aliphatic rings. The molecule has 0 aliphatic carbocycles. The molecule has 0 aliphatic heterocycles. The third-order valence-electron chi connectivity index (χ3n) is 2.75. The molecular weight excluding hydrogens is 251 g/mol. The van der Waals surface area contributed by atoms with E-state index in [4.69, 9.17) is 0 Å². The number of hydrogen-bond acceptors (Lipinski definition) is 1. The van der Waals surface area contributed by atoms with Gasteiger partial charge in [-0.2, -0.15) is 0 Å². The van der Waals surface area contributed by atoms with Crippen LogP contribution >= 0.6 is 0 Å². The molecule has 0 fully saturated rings. The standard InChI is InChI=1S/C15H14F3N/c16-14-6-2-4-12(8-14)10-19-9-11-3-1-5-13(7-11)15(17)18/h1-8,15,19H,9-10H2. The molecule has 0 bridgehead atoms. The maximum atomic E-state index is 12.9. The average molecular weight is 265 g/mol. The van der Waals surface area contributed by atoms with Crippen LogP contribution in [0, 0.1) is 5.82 Å². The maximum absolute atomic E-state index is 12.9. The van der Waals surface area contributed by atoms with Gasteiger partial charge in [0.2, 0.25) is 0 Å². The van der Waals surface area contributed by atoms with Gasteiger partial charge in [0.15, 0.2) is 0 Å². The van der Waals surface area contributed by atoms with Crippen molar-refractivity contribution in [3.05, 3.63) is 71.0 Å². The van der Waals surface area contributed by atoms with Crippen LogP contribution in [-0.2, 0) is 13.1 Å². The predicted molar refractivity (Wildman–Crippen MR) is 68.3 cm³/mol.